The first-order chi connectivity index (χ1) is 20.4. The van der Waals surface area contributed by atoms with Crippen LogP contribution < -0.4 is 0 Å². The molecule has 213 valence electrons. The standard InChI is InChI=1S/C24H18N.C15H12O2.Ir/c1-24(2)20-9-5-4-8-18(20)19-13-11-17(15-21(19)24)23-14-12-16-7-3-6-10-22(16)25-23;16-14(12-7-3-1-4-8-12)11-15(17)13-9-5-2-6-10-13;/h3-10,12-15H,1-2H3;1-11,16H;/q-1;;/b;14-11-;. The van der Waals surface area contributed by atoms with Gasteiger partial charge in [0.2, 0.25) is 0 Å². The van der Waals surface area contributed by atoms with Crippen LogP contribution in [0, 0.1) is 6.07 Å². The van der Waals surface area contributed by atoms with E-state index in [1.807, 2.05) is 36.4 Å². The summed E-state index contributed by atoms with van der Waals surface area (Å²) in [5, 5.41) is 11.0. The van der Waals surface area contributed by atoms with Gasteiger partial charge in [-0.1, -0.05) is 140 Å². The molecule has 1 aromatic heterocycles. The predicted octanol–water partition coefficient (Wildman–Crippen LogP) is 9.47. The largest absolute Gasteiger partial charge is 0.507 e. The summed E-state index contributed by atoms with van der Waals surface area (Å²) in [4.78, 5) is 16.6. The minimum absolute atomic E-state index is 0. The molecule has 7 rings (SSSR count). The Bertz CT molecular complexity index is 1930. The number of ketones is 1. The number of para-hydroxylation sites is 1. The minimum atomic E-state index is -0.202. The van der Waals surface area contributed by atoms with Gasteiger partial charge in [-0.25, -0.2) is 0 Å². The molecule has 0 atom stereocenters. The first kappa shape index (κ1) is 29.8. The Hall–Kier alpha value is -4.63. The molecule has 0 unspecified atom stereocenters. The first-order valence-corrected chi connectivity index (χ1v) is 14.0. The predicted molar refractivity (Wildman–Crippen MR) is 171 cm³/mol. The maximum atomic E-state index is 11.8. The third-order valence-corrected chi connectivity index (χ3v) is 7.78. The Morgan fingerprint density at radius 3 is 2.09 bits per heavy atom. The Balaban J connectivity index is 0.000000180. The number of benzene rings is 5. The summed E-state index contributed by atoms with van der Waals surface area (Å²) >= 11 is 0. The molecule has 1 aliphatic carbocycles. The smallest absolute Gasteiger partial charge is 0.189 e. The molecule has 1 radical (unpaired) electrons. The quantitative estimate of drug-likeness (QED) is 0.0850. The first-order valence-electron chi connectivity index (χ1n) is 14.0. The number of aliphatic hydroxyl groups excluding tert-OH is 1. The van der Waals surface area contributed by atoms with Gasteiger partial charge in [-0.3, -0.25) is 9.78 Å². The maximum absolute atomic E-state index is 11.8. The molecule has 1 N–H and O–H groups in total. The monoisotopic (exact) mass is 737 g/mol. The number of fused-ring (bicyclic) bond motifs is 4. The van der Waals surface area contributed by atoms with Crippen molar-refractivity contribution in [2.75, 3.05) is 0 Å². The Morgan fingerprint density at radius 1 is 0.721 bits per heavy atom. The maximum Gasteiger partial charge on any atom is 0.189 e. The van der Waals surface area contributed by atoms with E-state index in [1.165, 1.54) is 33.7 Å². The van der Waals surface area contributed by atoms with E-state index >= 15 is 0 Å². The molecule has 5 aromatic carbocycles. The van der Waals surface area contributed by atoms with E-state index in [2.05, 4.69) is 80.6 Å². The van der Waals surface area contributed by atoms with Gasteiger partial charge in [0, 0.05) is 37.3 Å². The molecule has 43 heavy (non-hydrogen) atoms. The second-order valence-electron chi connectivity index (χ2n) is 10.9. The molecule has 0 spiro atoms. The van der Waals surface area contributed by atoms with Gasteiger partial charge < -0.3 is 5.11 Å². The van der Waals surface area contributed by atoms with Crippen LogP contribution in [-0.4, -0.2) is 15.9 Å². The molecule has 0 bridgehead atoms. The number of carbonyl (C=O) groups excluding carboxylic acids is 1. The third kappa shape index (κ3) is 6.12. The minimum Gasteiger partial charge on any atom is -0.507 e. The molecule has 0 saturated carbocycles. The Labute approximate surface area is 265 Å². The molecule has 1 aliphatic rings. The molecular weight excluding hydrogens is 707 g/mol. The summed E-state index contributed by atoms with van der Waals surface area (Å²) in [5.74, 6) is -0.216. The van der Waals surface area contributed by atoms with Crippen LogP contribution in [0.5, 0.6) is 0 Å². The van der Waals surface area contributed by atoms with Crippen LogP contribution in [0.15, 0.2) is 140 Å². The summed E-state index contributed by atoms with van der Waals surface area (Å²) in [6.45, 7) is 4.60. The summed E-state index contributed by atoms with van der Waals surface area (Å²) < 4.78 is 0. The van der Waals surface area contributed by atoms with Crippen molar-refractivity contribution in [3.8, 4) is 22.4 Å². The Kier molecular flexibility index (Phi) is 8.82. The summed E-state index contributed by atoms with van der Waals surface area (Å²) in [6.07, 6.45) is 1.24. The van der Waals surface area contributed by atoms with Crippen LogP contribution in [0.3, 0.4) is 0 Å². The molecule has 1 heterocycles. The van der Waals surface area contributed by atoms with Crippen molar-refractivity contribution >= 4 is 22.4 Å². The molecular formula is C39H30IrNO2-. The molecule has 0 saturated heterocycles. The van der Waals surface area contributed by atoms with E-state index in [0.717, 1.165) is 16.8 Å². The molecule has 0 fully saturated rings. The van der Waals surface area contributed by atoms with E-state index in [0.29, 0.717) is 11.1 Å². The van der Waals surface area contributed by atoms with E-state index in [1.54, 1.807) is 36.4 Å². The molecule has 3 nitrogen and oxygen atoms in total. The van der Waals surface area contributed by atoms with Gasteiger partial charge in [0.05, 0.1) is 5.52 Å². The topological polar surface area (TPSA) is 50.2 Å². The second-order valence-corrected chi connectivity index (χ2v) is 10.9. The van der Waals surface area contributed by atoms with Crippen molar-refractivity contribution in [3.63, 3.8) is 0 Å². The van der Waals surface area contributed by atoms with Crippen LogP contribution in [0.25, 0.3) is 39.0 Å². The zero-order chi connectivity index (χ0) is 29.1. The fourth-order valence-corrected chi connectivity index (χ4v) is 5.51. The van der Waals surface area contributed by atoms with Crippen molar-refractivity contribution < 1.29 is 30.0 Å². The normalized spacial score (nSPS) is 12.7. The zero-order valence-electron chi connectivity index (χ0n) is 23.9. The number of pyridine rings is 1. The zero-order valence-corrected chi connectivity index (χ0v) is 26.3. The number of hydrogen-bond donors (Lipinski definition) is 1. The van der Waals surface area contributed by atoms with E-state index in [4.69, 9.17) is 4.98 Å². The van der Waals surface area contributed by atoms with Crippen LogP contribution in [0.2, 0.25) is 0 Å². The average molecular weight is 737 g/mol. The molecule has 4 heteroatoms. The second kappa shape index (κ2) is 12.7. The van der Waals surface area contributed by atoms with E-state index in [-0.39, 0.29) is 37.1 Å². The number of rotatable bonds is 4. The third-order valence-electron chi connectivity index (χ3n) is 7.78. The number of carbonyl (C=O) groups is 1. The van der Waals surface area contributed by atoms with Crippen LogP contribution in [0.1, 0.15) is 40.9 Å². The average Bonchev–Trinajstić information content (AvgIpc) is 3.28. The fourth-order valence-electron chi connectivity index (χ4n) is 5.51. The van der Waals surface area contributed by atoms with Crippen molar-refractivity contribution in [1.82, 2.24) is 4.98 Å². The SMILES string of the molecule is CC1(C)c2ccccc2-c2c[c-]c(-c3ccc4ccccc4n3)cc21.O=C(/C=C(\O)c1ccccc1)c1ccccc1.[Ir]. The number of aromatic nitrogens is 1. The van der Waals surface area contributed by atoms with Gasteiger partial charge in [-0.05, 0) is 28.1 Å². The van der Waals surface area contributed by atoms with Gasteiger partial charge in [0.1, 0.15) is 5.76 Å². The summed E-state index contributed by atoms with van der Waals surface area (Å²) in [6, 6.07) is 46.9. The van der Waals surface area contributed by atoms with Crippen LogP contribution in [-0.2, 0) is 25.5 Å². The number of hydrogen-bond acceptors (Lipinski definition) is 3. The molecule has 6 aromatic rings. The molecule has 0 aliphatic heterocycles. The van der Waals surface area contributed by atoms with Crippen molar-refractivity contribution in [2.24, 2.45) is 0 Å². The number of aliphatic hydroxyl groups is 1. The van der Waals surface area contributed by atoms with Gasteiger partial charge >= 0.3 is 0 Å². The van der Waals surface area contributed by atoms with Gasteiger partial charge in [0.15, 0.2) is 5.78 Å². The summed E-state index contributed by atoms with van der Waals surface area (Å²) in [7, 11) is 0. The number of allylic oxidation sites excluding steroid dienone is 1. The van der Waals surface area contributed by atoms with Gasteiger partial charge in [-0.2, -0.15) is 0 Å². The summed E-state index contributed by atoms with van der Waals surface area (Å²) in [5.41, 5.74) is 9.65. The Morgan fingerprint density at radius 2 is 1.35 bits per heavy atom. The fraction of sp³-hybridized carbons (Fsp3) is 0.0769. The van der Waals surface area contributed by atoms with Gasteiger partial charge in [-0.15, -0.1) is 29.3 Å². The van der Waals surface area contributed by atoms with Crippen molar-refractivity contribution in [1.29, 1.82) is 0 Å². The number of nitrogens with zero attached hydrogens (tertiary/aromatic N) is 1. The van der Waals surface area contributed by atoms with Crippen molar-refractivity contribution in [3.05, 3.63) is 168 Å². The molecule has 0 amide bonds. The van der Waals surface area contributed by atoms with E-state index < -0.39 is 0 Å². The van der Waals surface area contributed by atoms with Gasteiger partial charge in [0.25, 0.3) is 0 Å². The van der Waals surface area contributed by atoms with Crippen LogP contribution >= 0.6 is 0 Å². The van der Waals surface area contributed by atoms with Crippen LogP contribution in [0.4, 0.5) is 0 Å². The van der Waals surface area contributed by atoms with Crippen molar-refractivity contribution in [2.45, 2.75) is 19.3 Å². The van der Waals surface area contributed by atoms with E-state index in [9.17, 15) is 9.90 Å².